The summed E-state index contributed by atoms with van der Waals surface area (Å²) in [5, 5.41) is 59.0. The second-order valence-electron chi connectivity index (χ2n) is 18.5. The van der Waals surface area contributed by atoms with E-state index in [9.17, 15) is 30.3 Å². The number of ether oxygens (including phenoxy) is 3. The Kier molecular flexibility index (Phi) is 39.6. The highest BCUT2D eigenvalue weighted by Crippen LogP contribution is 2.24. The highest BCUT2D eigenvalue weighted by molar-refractivity contribution is 5.74. The lowest BCUT2D eigenvalue weighted by atomic mass is 9.98. The predicted molar refractivity (Wildman–Crippen MR) is 250 cm³/mol. The van der Waals surface area contributed by atoms with E-state index in [0.717, 1.165) is 38.5 Å². The zero-order valence-electron chi connectivity index (χ0n) is 39.9. The third-order valence-electron chi connectivity index (χ3n) is 12.7. The monoisotopic (exact) mass is 873 g/mol. The number of aliphatic hydroxyl groups is 5. The summed E-state index contributed by atoms with van der Waals surface area (Å²) in [4.78, 5) is 13.0. The van der Waals surface area contributed by atoms with E-state index in [-0.39, 0.29) is 13.2 Å². The molecular weight excluding hydrogens is 773 g/mol. The van der Waals surface area contributed by atoms with Crippen LogP contribution in [-0.2, 0) is 14.2 Å². The molecule has 1 aliphatic rings. The molecule has 0 aromatic carbocycles. The van der Waals surface area contributed by atoms with Crippen LogP contribution in [0.4, 0.5) is 4.79 Å². The average molecular weight is 873 g/mol. The van der Waals surface area contributed by atoms with Gasteiger partial charge < -0.3 is 50.4 Å². The van der Waals surface area contributed by atoms with Crippen molar-refractivity contribution in [2.24, 2.45) is 0 Å². The number of rotatable bonds is 44. The van der Waals surface area contributed by atoms with Crippen LogP contribution < -0.4 is 10.6 Å². The third kappa shape index (κ3) is 31.5. The summed E-state index contributed by atoms with van der Waals surface area (Å²) in [5.74, 6) is 0. The van der Waals surface area contributed by atoms with Gasteiger partial charge in [-0.15, -0.1) is 0 Å². The van der Waals surface area contributed by atoms with E-state index >= 15 is 0 Å². The average Bonchev–Trinajstić information content (AvgIpc) is 3.25. The molecule has 61 heavy (non-hydrogen) atoms. The number of hydrogen-bond donors (Lipinski definition) is 7. The van der Waals surface area contributed by atoms with Gasteiger partial charge in [0.25, 0.3) is 0 Å². The highest BCUT2D eigenvalue weighted by atomic mass is 16.7. The highest BCUT2D eigenvalue weighted by Gasteiger charge is 2.45. The van der Waals surface area contributed by atoms with E-state index in [1.54, 1.807) is 0 Å². The number of carbonyl (C=O) groups excluding carboxylic acids is 1. The van der Waals surface area contributed by atoms with Crippen molar-refractivity contribution in [3.8, 4) is 0 Å². The van der Waals surface area contributed by atoms with Crippen LogP contribution in [0.25, 0.3) is 0 Å². The van der Waals surface area contributed by atoms with E-state index in [2.05, 4.69) is 24.5 Å². The molecule has 8 atom stereocenters. The minimum absolute atomic E-state index is 0.0329. The summed E-state index contributed by atoms with van der Waals surface area (Å²) < 4.78 is 16.5. The van der Waals surface area contributed by atoms with Crippen LogP contribution in [0.1, 0.15) is 239 Å². The Hall–Kier alpha value is -1.05. The van der Waals surface area contributed by atoms with Crippen LogP contribution >= 0.6 is 0 Å². The molecule has 1 rings (SSSR count). The Morgan fingerprint density at radius 3 is 1.31 bits per heavy atom. The molecule has 0 unspecified atom stereocenters. The number of aliphatic hydroxyl groups excluding tert-OH is 5. The van der Waals surface area contributed by atoms with Crippen molar-refractivity contribution in [3.63, 3.8) is 0 Å². The Bertz CT molecular complexity index is 949. The van der Waals surface area contributed by atoms with Gasteiger partial charge >= 0.3 is 6.03 Å². The fourth-order valence-corrected chi connectivity index (χ4v) is 8.57. The maximum atomic E-state index is 13.0. The quantitative estimate of drug-likeness (QED) is 0.0295. The first kappa shape index (κ1) is 58.0. The zero-order chi connectivity index (χ0) is 44.6. The number of amides is 2. The normalized spacial score (nSPS) is 20.8. The standard InChI is InChI=1S/C50H100N2O9/c1-4-6-8-10-12-14-16-18-19-20-21-22-23-24-25-26-27-29-31-33-35-37-39-51-50(58)52-42(40-60-49-48(57)47(56)46(55)44(61-49)41-59-3)45(54)43(53)38-36-34-32-30-28-17-15-13-11-9-7-5-2/h42-49,53-57H,4-41H2,1-3H3,(H2,51,52,58)/t42-,43+,44+,45-,46-,47-,48+,49-/m0/s1. The Labute approximate surface area is 374 Å². The minimum Gasteiger partial charge on any atom is -0.390 e. The summed E-state index contributed by atoms with van der Waals surface area (Å²) in [5.41, 5.74) is 0. The van der Waals surface area contributed by atoms with E-state index in [0.29, 0.717) is 13.0 Å². The van der Waals surface area contributed by atoms with Crippen LogP contribution in [0.15, 0.2) is 0 Å². The lowest BCUT2D eigenvalue weighted by Gasteiger charge is -2.40. The van der Waals surface area contributed by atoms with Crippen molar-refractivity contribution in [1.29, 1.82) is 0 Å². The summed E-state index contributed by atoms with van der Waals surface area (Å²) in [6.45, 7) is 4.68. The summed E-state index contributed by atoms with van der Waals surface area (Å²) >= 11 is 0. The van der Waals surface area contributed by atoms with Crippen molar-refractivity contribution in [2.45, 2.75) is 288 Å². The number of methoxy groups -OCH3 is 1. The first-order chi connectivity index (χ1) is 29.8. The van der Waals surface area contributed by atoms with Crippen LogP contribution in [0.3, 0.4) is 0 Å². The molecule has 0 radical (unpaired) electrons. The fourth-order valence-electron chi connectivity index (χ4n) is 8.57. The van der Waals surface area contributed by atoms with Crippen LogP contribution in [0.2, 0.25) is 0 Å². The van der Waals surface area contributed by atoms with Crippen molar-refractivity contribution < 1.29 is 44.5 Å². The van der Waals surface area contributed by atoms with Gasteiger partial charge in [0.05, 0.1) is 25.4 Å². The molecule has 11 heteroatoms. The molecule has 0 aliphatic carbocycles. The first-order valence-corrected chi connectivity index (χ1v) is 26.0. The molecule has 1 fully saturated rings. The lowest BCUT2D eigenvalue weighted by molar-refractivity contribution is -0.304. The molecule has 364 valence electrons. The van der Waals surface area contributed by atoms with Gasteiger partial charge in [0.2, 0.25) is 0 Å². The SMILES string of the molecule is CCCCCCCCCCCCCCCCCCCCCCCCNC(=O)N[C@@H](CO[C@H]1O[C@H](COC)[C@H](O)[C@H](O)[C@H]1O)[C@H](O)[C@H](O)CCCCCCCCCCCCCC. The van der Waals surface area contributed by atoms with Gasteiger partial charge in [-0.2, -0.15) is 0 Å². The van der Waals surface area contributed by atoms with Gasteiger partial charge in [-0.1, -0.05) is 226 Å². The van der Waals surface area contributed by atoms with Crippen LogP contribution in [0.5, 0.6) is 0 Å². The van der Waals surface area contributed by atoms with Gasteiger partial charge in [-0.3, -0.25) is 0 Å². The van der Waals surface area contributed by atoms with E-state index < -0.39 is 55.0 Å². The molecule has 0 spiro atoms. The van der Waals surface area contributed by atoms with Crippen molar-refractivity contribution in [3.05, 3.63) is 0 Å². The largest absolute Gasteiger partial charge is 0.390 e. The number of urea groups is 1. The van der Waals surface area contributed by atoms with Gasteiger partial charge in [0.1, 0.15) is 30.5 Å². The van der Waals surface area contributed by atoms with Crippen LogP contribution in [-0.4, -0.2) is 107 Å². The number of unbranched alkanes of at least 4 members (excludes halogenated alkanes) is 32. The third-order valence-corrected chi connectivity index (χ3v) is 12.7. The van der Waals surface area contributed by atoms with Gasteiger partial charge in [0, 0.05) is 13.7 Å². The first-order valence-electron chi connectivity index (χ1n) is 26.0. The molecule has 1 aliphatic heterocycles. The summed E-state index contributed by atoms with van der Waals surface area (Å²) in [6.07, 6.45) is 34.7. The van der Waals surface area contributed by atoms with E-state index in [1.165, 1.54) is 187 Å². The maximum Gasteiger partial charge on any atom is 0.315 e. The second-order valence-corrected chi connectivity index (χ2v) is 18.5. The molecular formula is C50H100N2O9. The van der Waals surface area contributed by atoms with Gasteiger partial charge in [0.15, 0.2) is 6.29 Å². The fraction of sp³-hybridized carbons (Fsp3) is 0.980. The molecule has 0 aromatic heterocycles. The molecule has 1 heterocycles. The molecule has 0 bridgehead atoms. The number of carbonyl (C=O) groups is 1. The lowest BCUT2D eigenvalue weighted by Crippen LogP contribution is -2.60. The smallest absolute Gasteiger partial charge is 0.315 e. The second kappa shape index (κ2) is 41.6. The Balaban J connectivity index is 2.30. The maximum absolute atomic E-state index is 13.0. The minimum atomic E-state index is -1.56. The Morgan fingerprint density at radius 2 is 0.918 bits per heavy atom. The topological polar surface area (TPSA) is 170 Å². The Morgan fingerprint density at radius 1 is 0.541 bits per heavy atom. The molecule has 0 saturated carbocycles. The van der Waals surface area contributed by atoms with E-state index in [4.69, 9.17) is 14.2 Å². The molecule has 1 saturated heterocycles. The molecule has 7 N–H and O–H groups in total. The van der Waals surface area contributed by atoms with Crippen molar-refractivity contribution in [1.82, 2.24) is 10.6 Å². The van der Waals surface area contributed by atoms with Gasteiger partial charge in [-0.05, 0) is 12.8 Å². The van der Waals surface area contributed by atoms with Crippen molar-refractivity contribution >= 4 is 6.03 Å². The number of hydrogen-bond acceptors (Lipinski definition) is 9. The zero-order valence-corrected chi connectivity index (χ0v) is 39.9. The predicted octanol–water partition coefficient (Wildman–Crippen LogP) is 10.5. The summed E-state index contributed by atoms with van der Waals surface area (Å²) in [6, 6.07) is -1.50. The molecule has 2 amide bonds. The van der Waals surface area contributed by atoms with Crippen LogP contribution in [0, 0.1) is 0 Å². The van der Waals surface area contributed by atoms with E-state index in [1.807, 2.05) is 0 Å². The van der Waals surface area contributed by atoms with Crippen molar-refractivity contribution in [2.75, 3.05) is 26.9 Å². The summed E-state index contributed by atoms with van der Waals surface area (Å²) in [7, 11) is 1.43. The molecule has 11 nitrogen and oxygen atoms in total. The molecule has 0 aromatic rings. The van der Waals surface area contributed by atoms with Gasteiger partial charge in [-0.25, -0.2) is 4.79 Å². The number of nitrogens with one attached hydrogen (secondary N) is 2.